The van der Waals surface area contributed by atoms with Crippen LogP contribution >= 0.6 is 0 Å². The van der Waals surface area contributed by atoms with E-state index in [1.165, 1.54) is 11.1 Å². The summed E-state index contributed by atoms with van der Waals surface area (Å²) in [5.41, 5.74) is 2.56. The smallest absolute Gasteiger partial charge is 0.122 e. The van der Waals surface area contributed by atoms with E-state index in [0.29, 0.717) is 6.04 Å². The maximum atomic E-state index is 5.41. The fourth-order valence-corrected chi connectivity index (χ4v) is 2.14. The van der Waals surface area contributed by atoms with E-state index in [9.17, 15) is 0 Å². The molecule has 1 rings (SSSR count). The highest BCUT2D eigenvalue weighted by molar-refractivity contribution is 5.34. The summed E-state index contributed by atoms with van der Waals surface area (Å²) in [7, 11) is 1.73. The minimum Gasteiger partial charge on any atom is -0.496 e. The van der Waals surface area contributed by atoms with Crippen LogP contribution in [0.2, 0.25) is 0 Å². The normalized spacial score (nSPS) is 12.2. The molecule has 1 aromatic carbocycles. The average Bonchev–Trinajstić information content (AvgIpc) is 2.39. The fourth-order valence-electron chi connectivity index (χ4n) is 2.14. The van der Waals surface area contributed by atoms with E-state index in [1.807, 2.05) is 12.1 Å². The first-order chi connectivity index (χ1) is 8.71. The highest BCUT2D eigenvalue weighted by Crippen LogP contribution is 2.21. The summed E-state index contributed by atoms with van der Waals surface area (Å²) in [4.78, 5) is 0. The van der Waals surface area contributed by atoms with Crippen molar-refractivity contribution >= 4 is 0 Å². The molecule has 18 heavy (non-hydrogen) atoms. The van der Waals surface area contributed by atoms with E-state index in [4.69, 9.17) is 4.74 Å². The number of hydrogen-bond donors (Lipinski definition) is 1. The van der Waals surface area contributed by atoms with Gasteiger partial charge in [-0.25, -0.2) is 0 Å². The lowest BCUT2D eigenvalue weighted by atomic mass is 9.98. The second kappa shape index (κ2) is 7.93. The maximum absolute atomic E-state index is 5.41. The summed E-state index contributed by atoms with van der Waals surface area (Å²) in [5.74, 6) is 0.975. The number of rotatable bonds is 8. The molecule has 0 bridgehead atoms. The first-order valence-corrected chi connectivity index (χ1v) is 6.73. The Labute approximate surface area is 111 Å². The number of methoxy groups -OCH3 is 1. The monoisotopic (exact) mass is 247 g/mol. The van der Waals surface area contributed by atoms with Crippen LogP contribution in [0, 0.1) is 0 Å². The van der Waals surface area contributed by atoms with Gasteiger partial charge in [-0.05, 0) is 37.4 Å². The van der Waals surface area contributed by atoms with Crippen molar-refractivity contribution in [1.82, 2.24) is 5.32 Å². The highest BCUT2D eigenvalue weighted by Gasteiger charge is 2.12. The van der Waals surface area contributed by atoms with E-state index < -0.39 is 0 Å². The van der Waals surface area contributed by atoms with Crippen LogP contribution in [0.1, 0.15) is 32.3 Å². The third-order valence-electron chi connectivity index (χ3n) is 3.19. The molecule has 1 atom stereocenters. The Morgan fingerprint density at radius 2 is 2.06 bits per heavy atom. The molecule has 100 valence electrons. The molecule has 0 aromatic heterocycles. The number of hydrogen-bond acceptors (Lipinski definition) is 2. The standard InChI is InChI=1S/C16H25NO/c1-5-13(3)11-15(17-6-2)12-14-9-7-8-10-16(14)18-4/h7-10,15,17H,3,5-6,11-12H2,1-2,4H3. The van der Waals surface area contributed by atoms with Crippen LogP contribution < -0.4 is 10.1 Å². The predicted octanol–water partition coefficient (Wildman–Crippen LogP) is 3.57. The molecule has 1 unspecified atom stereocenters. The van der Waals surface area contributed by atoms with Gasteiger partial charge in [0.05, 0.1) is 7.11 Å². The van der Waals surface area contributed by atoms with Crippen molar-refractivity contribution in [3.63, 3.8) is 0 Å². The molecule has 1 N–H and O–H groups in total. The van der Waals surface area contributed by atoms with Gasteiger partial charge in [0.25, 0.3) is 0 Å². The van der Waals surface area contributed by atoms with Crippen molar-refractivity contribution in [3.05, 3.63) is 42.0 Å². The molecule has 0 radical (unpaired) electrons. The van der Waals surface area contributed by atoms with E-state index >= 15 is 0 Å². The molecule has 0 aliphatic heterocycles. The maximum Gasteiger partial charge on any atom is 0.122 e. The summed E-state index contributed by atoms with van der Waals surface area (Å²) in [6.07, 6.45) is 3.06. The molecular formula is C16H25NO. The minimum atomic E-state index is 0.443. The number of ether oxygens (including phenoxy) is 1. The number of likely N-dealkylation sites (N-methyl/N-ethyl adjacent to an activating group) is 1. The molecule has 0 saturated heterocycles. The molecular weight excluding hydrogens is 222 g/mol. The Morgan fingerprint density at radius 1 is 1.33 bits per heavy atom. The molecule has 2 heteroatoms. The van der Waals surface area contributed by atoms with Crippen molar-refractivity contribution in [2.75, 3.05) is 13.7 Å². The molecule has 0 spiro atoms. The van der Waals surface area contributed by atoms with Gasteiger partial charge in [-0.3, -0.25) is 0 Å². The summed E-state index contributed by atoms with van der Waals surface area (Å²) in [6, 6.07) is 8.68. The van der Waals surface area contributed by atoms with Gasteiger partial charge in [-0.1, -0.05) is 44.2 Å². The lowest BCUT2D eigenvalue weighted by molar-refractivity contribution is 0.404. The van der Waals surface area contributed by atoms with Crippen LogP contribution in [0.4, 0.5) is 0 Å². The predicted molar refractivity (Wildman–Crippen MR) is 78.2 cm³/mol. The highest BCUT2D eigenvalue weighted by atomic mass is 16.5. The van der Waals surface area contributed by atoms with Crippen LogP contribution in [0.25, 0.3) is 0 Å². The van der Waals surface area contributed by atoms with Crippen LogP contribution in [-0.2, 0) is 6.42 Å². The van der Waals surface area contributed by atoms with Gasteiger partial charge in [0.1, 0.15) is 5.75 Å². The van der Waals surface area contributed by atoms with Crippen molar-refractivity contribution in [2.45, 2.75) is 39.2 Å². The Bertz CT molecular complexity index is 373. The molecule has 0 fully saturated rings. The van der Waals surface area contributed by atoms with Crippen LogP contribution in [-0.4, -0.2) is 19.7 Å². The molecule has 1 aromatic rings. The SMILES string of the molecule is C=C(CC)CC(Cc1ccccc1OC)NCC. The third kappa shape index (κ3) is 4.53. The van der Waals surface area contributed by atoms with Gasteiger partial charge in [0.15, 0.2) is 0 Å². The molecule has 0 aliphatic rings. The Morgan fingerprint density at radius 3 is 2.67 bits per heavy atom. The number of para-hydroxylation sites is 1. The number of benzene rings is 1. The van der Waals surface area contributed by atoms with Gasteiger partial charge in [-0.15, -0.1) is 0 Å². The summed E-state index contributed by atoms with van der Waals surface area (Å²) in [6.45, 7) is 9.40. The van der Waals surface area contributed by atoms with E-state index in [-0.39, 0.29) is 0 Å². The van der Waals surface area contributed by atoms with Crippen molar-refractivity contribution in [3.8, 4) is 5.75 Å². The van der Waals surface area contributed by atoms with Crippen molar-refractivity contribution < 1.29 is 4.74 Å². The second-order valence-electron chi connectivity index (χ2n) is 4.58. The topological polar surface area (TPSA) is 21.3 Å². The van der Waals surface area contributed by atoms with E-state index in [2.05, 4.69) is 37.9 Å². The van der Waals surface area contributed by atoms with Crippen LogP contribution in [0.5, 0.6) is 5.75 Å². The lowest BCUT2D eigenvalue weighted by Gasteiger charge is -2.20. The van der Waals surface area contributed by atoms with E-state index in [1.54, 1.807) is 7.11 Å². The minimum absolute atomic E-state index is 0.443. The quantitative estimate of drug-likeness (QED) is 0.709. The van der Waals surface area contributed by atoms with Crippen LogP contribution in [0.3, 0.4) is 0 Å². The fraction of sp³-hybridized carbons (Fsp3) is 0.500. The molecule has 0 heterocycles. The Balaban J connectivity index is 2.72. The lowest BCUT2D eigenvalue weighted by Crippen LogP contribution is -2.31. The largest absolute Gasteiger partial charge is 0.496 e. The molecule has 0 amide bonds. The molecule has 0 aliphatic carbocycles. The Kier molecular flexibility index (Phi) is 6.51. The molecule has 2 nitrogen and oxygen atoms in total. The van der Waals surface area contributed by atoms with Crippen molar-refractivity contribution in [2.24, 2.45) is 0 Å². The summed E-state index contributed by atoms with van der Waals surface area (Å²) in [5, 5.41) is 3.53. The van der Waals surface area contributed by atoms with Gasteiger partial charge >= 0.3 is 0 Å². The zero-order valence-corrected chi connectivity index (χ0v) is 11.8. The third-order valence-corrected chi connectivity index (χ3v) is 3.19. The van der Waals surface area contributed by atoms with Gasteiger partial charge in [0, 0.05) is 6.04 Å². The van der Waals surface area contributed by atoms with Gasteiger partial charge in [0.2, 0.25) is 0 Å². The summed E-state index contributed by atoms with van der Waals surface area (Å²) < 4.78 is 5.41. The summed E-state index contributed by atoms with van der Waals surface area (Å²) >= 11 is 0. The van der Waals surface area contributed by atoms with Gasteiger partial charge < -0.3 is 10.1 Å². The second-order valence-corrected chi connectivity index (χ2v) is 4.58. The van der Waals surface area contributed by atoms with Crippen molar-refractivity contribution in [1.29, 1.82) is 0 Å². The average molecular weight is 247 g/mol. The Hall–Kier alpha value is -1.28. The van der Waals surface area contributed by atoms with Crippen LogP contribution in [0.15, 0.2) is 36.4 Å². The number of nitrogens with one attached hydrogen (secondary N) is 1. The zero-order valence-electron chi connectivity index (χ0n) is 11.8. The van der Waals surface area contributed by atoms with E-state index in [0.717, 1.165) is 31.6 Å². The first-order valence-electron chi connectivity index (χ1n) is 6.73. The first kappa shape index (κ1) is 14.8. The van der Waals surface area contributed by atoms with Gasteiger partial charge in [-0.2, -0.15) is 0 Å². The molecule has 0 saturated carbocycles. The zero-order chi connectivity index (χ0) is 13.4.